The number of hydrogen-bond acceptors (Lipinski definition) is 3. The number of amides is 1. The highest BCUT2D eigenvalue weighted by atomic mass is 16.5. The zero-order valence-corrected chi connectivity index (χ0v) is 16.7. The Morgan fingerprint density at radius 3 is 2.69 bits per heavy atom. The molecule has 5 heteroatoms. The van der Waals surface area contributed by atoms with Gasteiger partial charge in [-0.1, -0.05) is 24.3 Å². The highest BCUT2D eigenvalue weighted by Gasteiger charge is 2.32. The molecular weight excluding hydrogens is 362 g/mol. The minimum Gasteiger partial charge on any atom is -0.381 e. The number of rotatable bonds is 4. The van der Waals surface area contributed by atoms with Crippen LogP contribution in [0.2, 0.25) is 0 Å². The smallest absolute Gasteiger partial charge is 0.225 e. The molecule has 0 radical (unpaired) electrons. The molecule has 4 heterocycles. The van der Waals surface area contributed by atoms with Crippen molar-refractivity contribution >= 4 is 11.6 Å². The van der Waals surface area contributed by atoms with E-state index in [1.165, 1.54) is 16.7 Å². The molecule has 0 N–H and O–H groups in total. The maximum absolute atomic E-state index is 12.8. The fraction of sp³-hybridized carbons (Fsp3) is 0.417. The van der Waals surface area contributed by atoms with Crippen LogP contribution in [0.15, 0.2) is 55.0 Å². The lowest BCUT2D eigenvalue weighted by Crippen LogP contribution is -2.37. The van der Waals surface area contributed by atoms with E-state index in [9.17, 15) is 4.79 Å². The highest BCUT2D eigenvalue weighted by Crippen LogP contribution is 2.30. The van der Waals surface area contributed by atoms with Crippen molar-refractivity contribution in [2.24, 2.45) is 5.92 Å². The lowest BCUT2D eigenvalue weighted by atomic mass is 9.95. The third-order valence-electron chi connectivity index (χ3n) is 6.39. The van der Waals surface area contributed by atoms with Crippen molar-refractivity contribution in [2.75, 3.05) is 26.3 Å². The number of fused-ring (bicyclic) bond motifs is 1. The topological polar surface area (TPSA) is 46.8 Å². The van der Waals surface area contributed by atoms with E-state index in [2.05, 4.69) is 52.5 Å². The molecule has 5 rings (SSSR count). The van der Waals surface area contributed by atoms with Crippen LogP contribution in [0.25, 0.3) is 5.65 Å². The van der Waals surface area contributed by atoms with Gasteiger partial charge in [0, 0.05) is 56.7 Å². The van der Waals surface area contributed by atoms with Gasteiger partial charge in [-0.05, 0) is 54.5 Å². The summed E-state index contributed by atoms with van der Waals surface area (Å²) in [5.41, 5.74) is 4.91. The molecule has 0 aliphatic carbocycles. The van der Waals surface area contributed by atoms with Crippen LogP contribution in [0.3, 0.4) is 0 Å². The molecule has 29 heavy (non-hydrogen) atoms. The Hall–Kier alpha value is -2.66. The summed E-state index contributed by atoms with van der Waals surface area (Å²) >= 11 is 0. The van der Waals surface area contributed by atoms with Gasteiger partial charge in [-0.25, -0.2) is 4.98 Å². The van der Waals surface area contributed by atoms with Crippen molar-refractivity contribution in [2.45, 2.75) is 31.6 Å². The number of likely N-dealkylation sites (tertiary alicyclic amines) is 1. The Kier molecular flexibility index (Phi) is 5.06. The molecule has 3 aromatic rings. The quantitative estimate of drug-likeness (QED) is 0.684. The van der Waals surface area contributed by atoms with Crippen LogP contribution in [-0.4, -0.2) is 46.5 Å². The van der Waals surface area contributed by atoms with Crippen molar-refractivity contribution in [3.05, 3.63) is 71.7 Å². The minimum atomic E-state index is 0.164. The van der Waals surface area contributed by atoms with E-state index >= 15 is 0 Å². The van der Waals surface area contributed by atoms with Crippen LogP contribution in [0.1, 0.15) is 41.9 Å². The Morgan fingerprint density at radius 2 is 1.86 bits per heavy atom. The standard InChI is InChI=1S/C24H27N3O2/c28-24(21-7-13-29-14-8-21)27-11-6-22(17-27)20-3-1-18(2-4-20)15-19-5-10-26-12-9-25-23(26)16-19/h1-5,9-10,12,16,21-22H,6-8,11,13-15,17H2. The summed E-state index contributed by atoms with van der Waals surface area (Å²) in [7, 11) is 0. The fourth-order valence-corrected chi connectivity index (χ4v) is 4.64. The number of aromatic nitrogens is 2. The maximum Gasteiger partial charge on any atom is 0.225 e. The second kappa shape index (κ2) is 7.99. The number of benzene rings is 1. The molecule has 1 aromatic carbocycles. The van der Waals surface area contributed by atoms with Gasteiger partial charge in [-0.2, -0.15) is 0 Å². The number of nitrogens with zero attached hydrogens (tertiary/aromatic N) is 3. The van der Waals surface area contributed by atoms with E-state index in [-0.39, 0.29) is 5.92 Å². The number of hydrogen-bond donors (Lipinski definition) is 0. The van der Waals surface area contributed by atoms with Gasteiger partial charge in [-0.3, -0.25) is 4.79 Å². The third kappa shape index (κ3) is 3.92. The molecule has 2 saturated heterocycles. The van der Waals surface area contributed by atoms with Crippen molar-refractivity contribution in [3.63, 3.8) is 0 Å². The number of imidazole rings is 1. The largest absolute Gasteiger partial charge is 0.381 e. The van der Waals surface area contributed by atoms with Crippen LogP contribution in [0.4, 0.5) is 0 Å². The Balaban J connectivity index is 1.21. The van der Waals surface area contributed by atoms with Gasteiger partial charge in [0.25, 0.3) is 0 Å². The first-order valence-corrected chi connectivity index (χ1v) is 10.6. The predicted molar refractivity (Wildman–Crippen MR) is 112 cm³/mol. The molecule has 2 fully saturated rings. The van der Waals surface area contributed by atoms with Crippen LogP contribution < -0.4 is 0 Å². The van der Waals surface area contributed by atoms with E-state index < -0.39 is 0 Å². The predicted octanol–water partition coefficient (Wildman–Crippen LogP) is 3.67. The van der Waals surface area contributed by atoms with E-state index in [4.69, 9.17) is 4.74 Å². The summed E-state index contributed by atoms with van der Waals surface area (Å²) in [6.45, 7) is 3.18. The molecule has 0 saturated carbocycles. The lowest BCUT2D eigenvalue weighted by molar-refractivity contribution is -0.137. The van der Waals surface area contributed by atoms with E-state index in [1.54, 1.807) is 0 Å². The summed E-state index contributed by atoms with van der Waals surface area (Å²) in [5, 5.41) is 0. The molecule has 0 bridgehead atoms. The summed E-state index contributed by atoms with van der Waals surface area (Å²) in [4.78, 5) is 19.2. The molecule has 1 unspecified atom stereocenters. The molecule has 1 amide bonds. The van der Waals surface area contributed by atoms with Crippen LogP contribution in [-0.2, 0) is 16.0 Å². The minimum absolute atomic E-state index is 0.164. The Labute approximate surface area is 171 Å². The molecule has 150 valence electrons. The molecule has 1 atom stereocenters. The normalized spacial score (nSPS) is 20.4. The zero-order chi connectivity index (χ0) is 19.6. The van der Waals surface area contributed by atoms with Crippen molar-refractivity contribution in [1.29, 1.82) is 0 Å². The van der Waals surface area contributed by atoms with E-state index in [1.807, 2.05) is 16.8 Å². The second-order valence-corrected chi connectivity index (χ2v) is 8.30. The Morgan fingerprint density at radius 1 is 1.03 bits per heavy atom. The molecule has 2 aromatic heterocycles. The Bertz CT molecular complexity index is 989. The average molecular weight is 389 g/mol. The van der Waals surface area contributed by atoms with Crippen molar-refractivity contribution in [1.82, 2.24) is 14.3 Å². The van der Waals surface area contributed by atoms with Gasteiger partial charge >= 0.3 is 0 Å². The van der Waals surface area contributed by atoms with Gasteiger partial charge in [0.05, 0.1) is 0 Å². The van der Waals surface area contributed by atoms with Crippen molar-refractivity contribution in [3.8, 4) is 0 Å². The SMILES string of the molecule is O=C(C1CCOCC1)N1CCC(c2ccc(Cc3ccn4ccnc4c3)cc2)C1. The summed E-state index contributed by atoms with van der Waals surface area (Å²) in [5.74, 6) is 0.952. The van der Waals surface area contributed by atoms with Crippen LogP contribution in [0, 0.1) is 5.92 Å². The summed E-state index contributed by atoms with van der Waals surface area (Å²) in [6, 6.07) is 13.2. The average Bonchev–Trinajstić information content (AvgIpc) is 3.44. The lowest BCUT2D eigenvalue weighted by Gasteiger charge is -2.26. The van der Waals surface area contributed by atoms with Crippen LogP contribution >= 0.6 is 0 Å². The highest BCUT2D eigenvalue weighted by molar-refractivity contribution is 5.79. The number of carbonyl (C=O) groups excluding carboxylic acids is 1. The van der Waals surface area contributed by atoms with Gasteiger partial charge in [0.1, 0.15) is 5.65 Å². The van der Waals surface area contributed by atoms with Gasteiger partial charge < -0.3 is 14.0 Å². The molecule has 0 spiro atoms. The number of ether oxygens (including phenoxy) is 1. The monoisotopic (exact) mass is 389 g/mol. The molecular formula is C24H27N3O2. The van der Waals surface area contributed by atoms with E-state index in [0.717, 1.165) is 57.6 Å². The fourth-order valence-electron chi connectivity index (χ4n) is 4.64. The molecule has 2 aliphatic heterocycles. The van der Waals surface area contributed by atoms with Crippen LogP contribution in [0.5, 0.6) is 0 Å². The van der Waals surface area contributed by atoms with Gasteiger partial charge in [-0.15, -0.1) is 0 Å². The van der Waals surface area contributed by atoms with E-state index in [0.29, 0.717) is 11.8 Å². The first kappa shape index (κ1) is 18.4. The summed E-state index contributed by atoms with van der Waals surface area (Å²) in [6.07, 6.45) is 9.57. The zero-order valence-electron chi connectivity index (χ0n) is 16.7. The summed E-state index contributed by atoms with van der Waals surface area (Å²) < 4.78 is 7.43. The van der Waals surface area contributed by atoms with Gasteiger partial charge in [0.15, 0.2) is 0 Å². The first-order valence-electron chi connectivity index (χ1n) is 10.6. The molecule has 2 aliphatic rings. The van der Waals surface area contributed by atoms with Crippen molar-refractivity contribution < 1.29 is 9.53 Å². The first-order chi connectivity index (χ1) is 14.3. The number of pyridine rings is 1. The third-order valence-corrected chi connectivity index (χ3v) is 6.39. The number of carbonyl (C=O) groups is 1. The second-order valence-electron chi connectivity index (χ2n) is 8.30. The maximum atomic E-state index is 12.8. The van der Waals surface area contributed by atoms with Gasteiger partial charge in [0.2, 0.25) is 5.91 Å². The molecule has 5 nitrogen and oxygen atoms in total.